The molecule has 0 unspecified atom stereocenters. The number of carboxylic acids is 1. The van der Waals surface area contributed by atoms with Crippen molar-refractivity contribution < 1.29 is 19.4 Å². The standard InChI is InChI=1S/C20H23N5O4S/c1-20(2,3)29-19(28)24-8-6-23(7-9-24)16-17-22-13(18(26)27)12-25(17)14(11-21-16)15-5-4-10-30-15/h4-5,10-12H,6-9H2,1-3H3,(H,26,27). The van der Waals surface area contributed by atoms with Gasteiger partial charge in [-0.25, -0.2) is 19.6 Å². The fourth-order valence-corrected chi connectivity index (χ4v) is 4.06. The van der Waals surface area contributed by atoms with Crippen molar-refractivity contribution >= 4 is 34.9 Å². The van der Waals surface area contributed by atoms with Gasteiger partial charge in [-0.15, -0.1) is 11.3 Å². The summed E-state index contributed by atoms with van der Waals surface area (Å²) in [4.78, 5) is 37.4. The largest absolute Gasteiger partial charge is 0.476 e. The van der Waals surface area contributed by atoms with Crippen LogP contribution in [0.15, 0.2) is 29.9 Å². The predicted molar refractivity (Wildman–Crippen MR) is 113 cm³/mol. The van der Waals surface area contributed by atoms with E-state index in [-0.39, 0.29) is 11.8 Å². The molecule has 30 heavy (non-hydrogen) atoms. The SMILES string of the molecule is CC(C)(C)OC(=O)N1CCN(c2ncc(-c3cccs3)n3cc(C(=O)O)nc23)CC1. The highest BCUT2D eigenvalue weighted by Gasteiger charge is 2.28. The number of imidazole rings is 1. The lowest BCUT2D eigenvalue weighted by Gasteiger charge is -2.36. The van der Waals surface area contributed by atoms with Crippen LogP contribution in [0.4, 0.5) is 10.6 Å². The number of anilines is 1. The highest BCUT2D eigenvalue weighted by Crippen LogP contribution is 2.29. The van der Waals surface area contributed by atoms with Crippen LogP contribution in [0.1, 0.15) is 31.3 Å². The topological polar surface area (TPSA) is 100 Å². The molecular formula is C20H23N5O4S. The maximum absolute atomic E-state index is 12.3. The highest BCUT2D eigenvalue weighted by molar-refractivity contribution is 7.13. The first kappa shape index (κ1) is 20.1. The van der Waals surface area contributed by atoms with Gasteiger partial charge in [0.25, 0.3) is 0 Å². The van der Waals surface area contributed by atoms with Gasteiger partial charge in [0.15, 0.2) is 17.2 Å². The Morgan fingerprint density at radius 2 is 1.93 bits per heavy atom. The van der Waals surface area contributed by atoms with E-state index in [2.05, 4.69) is 9.97 Å². The maximum Gasteiger partial charge on any atom is 0.410 e. The Balaban J connectivity index is 1.62. The van der Waals surface area contributed by atoms with Crippen LogP contribution >= 0.6 is 11.3 Å². The molecule has 0 saturated carbocycles. The molecule has 4 heterocycles. The third-order valence-electron chi connectivity index (χ3n) is 4.70. The number of aromatic carboxylic acids is 1. The van der Waals surface area contributed by atoms with E-state index < -0.39 is 11.6 Å². The van der Waals surface area contributed by atoms with Crippen molar-refractivity contribution in [1.82, 2.24) is 19.3 Å². The van der Waals surface area contributed by atoms with Crippen LogP contribution in [-0.2, 0) is 4.74 Å². The van der Waals surface area contributed by atoms with E-state index >= 15 is 0 Å². The van der Waals surface area contributed by atoms with Gasteiger partial charge in [0.2, 0.25) is 0 Å². The first-order chi connectivity index (χ1) is 14.2. The molecule has 0 aliphatic carbocycles. The van der Waals surface area contributed by atoms with Crippen molar-refractivity contribution in [2.75, 3.05) is 31.1 Å². The van der Waals surface area contributed by atoms with Crippen molar-refractivity contribution in [3.05, 3.63) is 35.6 Å². The summed E-state index contributed by atoms with van der Waals surface area (Å²) in [6, 6.07) is 3.89. The molecule has 1 saturated heterocycles. The molecule has 9 nitrogen and oxygen atoms in total. The van der Waals surface area contributed by atoms with E-state index in [0.29, 0.717) is 37.6 Å². The van der Waals surface area contributed by atoms with E-state index in [1.54, 1.807) is 26.8 Å². The fraction of sp³-hybridized carbons (Fsp3) is 0.400. The van der Waals surface area contributed by atoms with E-state index in [1.807, 2.05) is 43.2 Å². The van der Waals surface area contributed by atoms with Crippen LogP contribution in [0.25, 0.3) is 16.2 Å². The number of ether oxygens (including phenoxy) is 1. The third kappa shape index (κ3) is 3.95. The molecule has 10 heteroatoms. The smallest absolute Gasteiger partial charge is 0.410 e. The number of thiophene rings is 1. The first-order valence-electron chi connectivity index (χ1n) is 9.61. The average molecular weight is 430 g/mol. The Morgan fingerprint density at radius 1 is 1.20 bits per heavy atom. The van der Waals surface area contributed by atoms with Crippen LogP contribution in [0.5, 0.6) is 0 Å². The molecule has 0 atom stereocenters. The van der Waals surface area contributed by atoms with Crippen LogP contribution in [0.2, 0.25) is 0 Å². The minimum atomic E-state index is -1.09. The van der Waals surface area contributed by atoms with Gasteiger partial charge >= 0.3 is 12.1 Å². The molecule has 3 aromatic heterocycles. The van der Waals surface area contributed by atoms with Crippen molar-refractivity contribution in [3.63, 3.8) is 0 Å². The quantitative estimate of drug-likeness (QED) is 0.682. The van der Waals surface area contributed by atoms with Crippen LogP contribution < -0.4 is 4.90 Å². The molecule has 4 rings (SSSR count). The number of carboxylic acid groups (broad SMARTS) is 1. The molecule has 0 spiro atoms. The number of carbonyl (C=O) groups is 2. The number of amides is 1. The molecule has 1 fully saturated rings. The summed E-state index contributed by atoms with van der Waals surface area (Å²) < 4.78 is 7.22. The Labute approximate surface area is 177 Å². The number of fused-ring (bicyclic) bond motifs is 1. The molecule has 1 aliphatic heterocycles. The third-order valence-corrected chi connectivity index (χ3v) is 5.59. The van der Waals surface area contributed by atoms with Crippen molar-refractivity contribution in [1.29, 1.82) is 0 Å². The second kappa shape index (κ2) is 7.60. The minimum Gasteiger partial charge on any atom is -0.476 e. The molecule has 1 amide bonds. The monoisotopic (exact) mass is 429 g/mol. The van der Waals surface area contributed by atoms with Crippen molar-refractivity contribution in [3.8, 4) is 10.6 Å². The van der Waals surface area contributed by atoms with Crippen LogP contribution in [0.3, 0.4) is 0 Å². The number of rotatable bonds is 3. The number of hydrogen-bond acceptors (Lipinski definition) is 7. The Kier molecular flexibility index (Phi) is 5.10. The number of carbonyl (C=O) groups excluding carboxylic acids is 1. The van der Waals surface area contributed by atoms with Gasteiger partial charge in [-0.3, -0.25) is 4.40 Å². The predicted octanol–water partition coefficient (Wildman–Crippen LogP) is 3.21. The summed E-state index contributed by atoms with van der Waals surface area (Å²) in [5.41, 5.74) is 0.706. The van der Waals surface area contributed by atoms with Gasteiger partial charge < -0.3 is 19.6 Å². The Morgan fingerprint density at radius 3 is 2.53 bits per heavy atom. The van der Waals surface area contributed by atoms with Crippen molar-refractivity contribution in [2.24, 2.45) is 0 Å². The summed E-state index contributed by atoms with van der Waals surface area (Å²) in [7, 11) is 0. The molecule has 0 radical (unpaired) electrons. The fourth-order valence-electron chi connectivity index (χ4n) is 3.32. The summed E-state index contributed by atoms with van der Waals surface area (Å²) in [6.07, 6.45) is 2.93. The molecule has 158 valence electrons. The summed E-state index contributed by atoms with van der Waals surface area (Å²) in [5.74, 6) is -0.483. The van der Waals surface area contributed by atoms with Gasteiger partial charge in [0, 0.05) is 32.4 Å². The van der Waals surface area contributed by atoms with E-state index in [9.17, 15) is 14.7 Å². The number of hydrogen-bond donors (Lipinski definition) is 1. The Bertz CT molecular complexity index is 1080. The van der Waals surface area contributed by atoms with E-state index in [0.717, 1.165) is 10.6 Å². The van der Waals surface area contributed by atoms with Gasteiger partial charge in [-0.1, -0.05) is 6.07 Å². The van der Waals surface area contributed by atoms with Crippen LogP contribution in [-0.4, -0.2) is 68.2 Å². The van der Waals surface area contributed by atoms with Gasteiger partial charge in [0.1, 0.15) is 5.60 Å². The lowest BCUT2D eigenvalue weighted by Crippen LogP contribution is -2.50. The molecular weight excluding hydrogens is 406 g/mol. The van der Waals surface area contributed by atoms with Crippen LogP contribution in [0, 0.1) is 0 Å². The normalized spacial score (nSPS) is 14.9. The maximum atomic E-state index is 12.3. The number of aromatic nitrogens is 3. The second-order valence-electron chi connectivity index (χ2n) is 8.02. The number of nitrogens with zero attached hydrogens (tertiary/aromatic N) is 5. The first-order valence-corrected chi connectivity index (χ1v) is 10.5. The Hall–Kier alpha value is -3.14. The summed E-state index contributed by atoms with van der Waals surface area (Å²) in [6.45, 7) is 7.61. The van der Waals surface area contributed by atoms with Crippen molar-refractivity contribution in [2.45, 2.75) is 26.4 Å². The zero-order chi connectivity index (χ0) is 21.5. The summed E-state index contributed by atoms with van der Waals surface area (Å²) in [5, 5.41) is 11.4. The zero-order valence-corrected chi connectivity index (χ0v) is 17.8. The van der Waals surface area contributed by atoms with E-state index in [4.69, 9.17) is 4.74 Å². The molecule has 1 aliphatic rings. The minimum absolute atomic E-state index is 0.0329. The highest BCUT2D eigenvalue weighted by atomic mass is 32.1. The van der Waals surface area contributed by atoms with E-state index in [1.165, 1.54) is 6.20 Å². The number of piperazine rings is 1. The molecule has 1 N–H and O–H groups in total. The second-order valence-corrected chi connectivity index (χ2v) is 8.97. The molecule has 3 aromatic rings. The molecule has 0 bridgehead atoms. The molecule has 0 aromatic carbocycles. The zero-order valence-electron chi connectivity index (χ0n) is 17.0. The lowest BCUT2D eigenvalue weighted by molar-refractivity contribution is 0.0240. The lowest BCUT2D eigenvalue weighted by atomic mass is 10.2. The van der Waals surface area contributed by atoms with Gasteiger partial charge in [-0.05, 0) is 32.2 Å². The summed E-state index contributed by atoms with van der Waals surface area (Å²) >= 11 is 1.55. The average Bonchev–Trinajstić information content (AvgIpc) is 3.36. The van der Waals surface area contributed by atoms with Gasteiger partial charge in [0.05, 0.1) is 16.8 Å². The van der Waals surface area contributed by atoms with Gasteiger partial charge in [-0.2, -0.15) is 0 Å².